The average Bonchev–Trinajstić information content (AvgIpc) is 2.25. The molecule has 1 aromatic heterocycles. The zero-order valence-corrected chi connectivity index (χ0v) is 8.36. The molecule has 0 radical (unpaired) electrons. The number of methoxy groups -OCH3 is 1. The number of nitrogens with one attached hydrogen (secondary N) is 1. The van der Waals surface area contributed by atoms with E-state index in [0.29, 0.717) is 5.88 Å². The smallest absolute Gasteiger partial charge is 0.214 e. The summed E-state index contributed by atoms with van der Waals surface area (Å²) in [5.74, 6) is 1.42. The lowest BCUT2D eigenvalue weighted by Crippen LogP contribution is -2.04. The van der Waals surface area contributed by atoms with Crippen molar-refractivity contribution in [3.05, 3.63) is 18.2 Å². The van der Waals surface area contributed by atoms with Gasteiger partial charge in [0, 0.05) is 19.2 Å². The Morgan fingerprint density at radius 3 is 3.00 bits per heavy atom. The van der Waals surface area contributed by atoms with Crippen molar-refractivity contribution in [1.82, 2.24) is 4.98 Å². The molecule has 0 aliphatic rings. The van der Waals surface area contributed by atoms with Crippen LogP contribution in [0.4, 0.5) is 5.82 Å². The standard InChI is InChI=1S/C10H16N2O2/c1-14-10-6-4-5-9(12-10)11-7-2-3-8-13/h4-6,13H,2-3,7-8H2,1H3,(H,11,12). The number of hydrogen-bond donors (Lipinski definition) is 2. The van der Waals surface area contributed by atoms with Gasteiger partial charge in [-0.05, 0) is 18.9 Å². The van der Waals surface area contributed by atoms with Crippen molar-refractivity contribution in [2.24, 2.45) is 0 Å². The molecule has 0 aromatic carbocycles. The molecule has 0 saturated heterocycles. The third kappa shape index (κ3) is 3.62. The predicted octanol–water partition coefficient (Wildman–Crippen LogP) is 1.27. The van der Waals surface area contributed by atoms with Crippen molar-refractivity contribution in [2.45, 2.75) is 12.8 Å². The van der Waals surface area contributed by atoms with Gasteiger partial charge in [0.15, 0.2) is 0 Å². The number of unbranched alkanes of at least 4 members (excludes halogenated alkanes) is 1. The fraction of sp³-hybridized carbons (Fsp3) is 0.500. The molecule has 14 heavy (non-hydrogen) atoms. The number of aliphatic hydroxyl groups is 1. The molecule has 1 rings (SSSR count). The van der Waals surface area contributed by atoms with Crippen LogP contribution in [-0.4, -0.2) is 30.4 Å². The summed E-state index contributed by atoms with van der Waals surface area (Å²) in [6, 6.07) is 5.58. The molecule has 0 fully saturated rings. The second kappa shape index (κ2) is 6.21. The van der Waals surface area contributed by atoms with Crippen LogP contribution in [0.15, 0.2) is 18.2 Å². The molecular formula is C10H16N2O2. The maximum Gasteiger partial charge on any atom is 0.214 e. The lowest BCUT2D eigenvalue weighted by molar-refractivity contribution is 0.286. The zero-order valence-electron chi connectivity index (χ0n) is 8.36. The second-order valence-corrected chi connectivity index (χ2v) is 2.92. The topological polar surface area (TPSA) is 54.4 Å². The third-order valence-corrected chi connectivity index (χ3v) is 1.82. The van der Waals surface area contributed by atoms with Crippen LogP contribution < -0.4 is 10.1 Å². The highest BCUT2D eigenvalue weighted by atomic mass is 16.5. The summed E-state index contributed by atoms with van der Waals surface area (Å²) in [4.78, 5) is 4.19. The Morgan fingerprint density at radius 2 is 2.29 bits per heavy atom. The van der Waals surface area contributed by atoms with E-state index in [1.54, 1.807) is 13.2 Å². The molecule has 4 nitrogen and oxygen atoms in total. The summed E-state index contributed by atoms with van der Waals surface area (Å²) >= 11 is 0. The lowest BCUT2D eigenvalue weighted by atomic mass is 10.3. The fourth-order valence-corrected chi connectivity index (χ4v) is 1.08. The van der Waals surface area contributed by atoms with E-state index < -0.39 is 0 Å². The highest BCUT2D eigenvalue weighted by Crippen LogP contribution is 2.10. The number of pyridine rings is 1. The van der Waals surface area contributed by atoms with Gasteiger partial charge in [0.1, 0.15) is 5.82 Å². The number of nitrogens with zero attached hydrogens (tertiary/aromatic N) is 1. The van der Waals surface area contributed by atoms with Crippen LogP contribution in [0, 0.1) is 0 Å². The van der Waals surface area contributed by atoms with Crippen molar-refractivity contribution < 1.29 is 9.84 Å². The minimum Gasteiger partial charge on any atom is -0.481 e. The maximum absolute atomic E-state index is 8.58. The summed E-state index contributed by atoms with van der Waals surface area (Å²) in [5.41, 5.74) is 0. The number of anilines is 1. The van der Waals surface area contributed by atoms with Gasteiger partial charge in [0.05, 0.1) is 7.11 Å². The van der Waals surface area contributed by atoms with Gasteiger partial charge in [-0.15, -0.1) is 0 Å². The molecule has 0 saturated carbocycles. The Morgan fingerprint density at radius 1 is 1.43 bits per heavy atom. The van der Waals surface area contributed by atoms with Crippen molar-refractivity contribution in [3.8, 4) is 5.88 Å². The molecule has 0 unspecified atom stereocenters. The minimum atomic E-state index is 0.243. The second-order valence-electron chi connectivity index (χ2n) is 2.92. The predicted molar refractivity (Wildman–Crippen MR) is 55.6 cm³/mol. The number of hydrogen-bond acceptors (Lipinski definition) is 4. The van der Waals surface area contributed by atoms with Crippen molar-refractivity contribution in [2.75, 3.05) is 25.6 Å². The number of aliphatic hydroxyl groups excluding tert-OH is 1. The molecule has 0 aliphatic heterocycles. The van der Waals surface area contributed by atoms with Crippen LogP contribution >= 0.6 is 0 Å². The van der Waals surface area contributed by atoms with Gasteiger partial charge in [-0.1, -0.05) is 6.07 Å². The summed E-state index contributed by atoms with van der Waals surface area (Å²) in [5, 5.41) is 11.7. The van der Waals surface area contributed by atoms with E-state index in [1.807, 2.05) is 12.1 Å². The SMILES string of the molecule is COc1cccc(NCCCCO)n1. The first-order chi connectivity index (χ1) is 6.86. The van der Waals surface area contributed by atoms with E-state index in [-0.39, 0.29) is 6.61 Å². The number of rotatable bonds is 6. The molecule has 1 heterocycles. The molecule has 78 valence electrons. The Balaban J connectivity index is 2.34. The van der Waals surface area contributed by atoms with Crippen molar-refractivity contribution in [3.63, 3.8) is 0 Å². The molecule has 0 atom stereocenters. The molecule has 4 heteroatoms. The van der Waals surface area contributed by atoms with E-state index in [0.717, 1.165) is 25.2 Å². The molecular weight excluding hydrogens is 180 g/mol. The van der Waals surface area contributed by atoms with E-state index in [2.05, 4.69) is 10.3 Å². The molecule has 1 aromatic rings. The Bertz CT molecular complexity index is 266. The lowest BCUT2D eigenvalue weighted by Gasteiger charge is -2.05. The van der Waals surface area contributed by atoms with E-state index in [4.69, 9.17) is 9.84 Å². The van der Waals surface area contributed by atoms with Gasteiger partial charge in [-0.25, -0.2) is 0 Å². The van der Waals surface area contributed by atoms with Gasteiger partial charge < -0.3 is 15.2 Å². The zero-order chi connectivity index (χ0) is 10.2. The van der Waals surface area contributed by atoms with Crippen LogP contribution in [0.3, 0.4) is 0 Å². The molecule has 0 aliphatic carbocycles. The fourth-order valence-electron chi connectivity index (χ4n) is 1.08. The van der Waals surface area contributed by atoms with Gasteiger partial charge >= 0.3 is 0 Å². The molecule has 0 spiro atoms. The summed E-state index contributed by atoms with van der Waals surface area (Å²) in [6.07, 6.45) is 1.76. The first-order valence-electron chi connectivity index (χ1n) is 4.72. The number of ether oxygens (including phenoxy) is 1. The quantitative estimate of drug-likeness (QED) is 0.673. The first-order valence-corrected chi connectivity index (χ1v) is 4.72. The Kier molecular flexibility index (Phi) is 4.78. The van der Waals surface area contributed by atoms with Crippen LogP contribution in [0.25, 0.3) is 0 Å². The monoisotopic (exact) mass is 196 g/mol. The highest BCUT2D eigenvalue weighted by molar-refractivity contribution is 5.36. The van der Waals surface area contributed by atoms with Crippen LogP contribution in [0.5, 0.6) is 5.88 Å². The maximum atomic E-state index is 8.58. The third-order valence-electron chi connectivity index (χ3n) is 1.82. The largest absolute Gasteiger partial charge is 0.481 e. The highest BCUT2D eigenvalue weighted by Gasteiger charge is 1.95. The van der Waals surface area contributed by atoms with Gasteiger partial charge in [0.25, 0.3) is 0 Å². The van der Waals surface area contributed by atoms with Gasteiger partial charge in [0.2, 0.25) is 5.88 Å². The van der Waals surface area contributed by atoms with Crippen LogP contribution in [-0.2, 0) is 0 Å². The number of aromatic nitrogens is 1. The van der Waals surface area contributed by atoms with E-state index in [1.165, 1.54) is 0 Å². The summed E-state index contributed by atoms with van der Waals surface area (Å²) in [6.45, 7) is 1.06. The summed E-state index contributed by atoms with van der Waals surface area (Å²) in [7, 11) is 1.60. The minimum absolute atomic E-state index is 0.243. The van der Waals surface area contributed by atoms with E-state index in [9.17, 15) is 0 Å². The van der Waals surface area contributed by atoms with Crippen molar-refractivity contribution >= 4 is 5.82 Å². The molecule has 0 bridgehead atoms. The Labute approximate surface area is 83.9 Å². The molecule has 2 N–H and O–H groups in total. The Hall–Kier alpha value is -1.29. The van der Waals surface area contributed by atoms with Gasteiger partial charge in [-0.2, -0.15) is 4.98 Å². The average molecular weight is 196 g/mol. The van der Waals surface area contributed by atoms with Crippen LogP contribution in [0.2, 0.25) is 0 Å². The molecule has 0 amide bonds. The van der Waals surface area contributed by atoms with Crippen LogP contribution in [0.1, 0.15) is 12.8 Å². The normalized spacial score (nSPS) is 9.86. The first kappa shape index (κ1) is 10.8. The summed E-state index contributed by atoms with van der Waals surface area (Å²) < 4.78 is 4.99. The van der Waals surface area contributed by atoms with Crippen molar-refractivity contribution in [1.29, 1.82) is 0 Å². The van der Waals surface area contributed by atoms with Gasteiger partial charge in [-0.3, -0.25) is 0 Å². The van der Waals surface area contributed by atoms with E-state index >= 15 is 0 Å².